The lowest BCUT2D eigenvalue weighted by Gasteiger charge is -2.13. The second kappa shape index (κ2) is 7.28. The Kier molecular flexibility index (Phi) is 6.32. The summed E-state index contributed by atoms with van der Waals surface area (Å²) in [5.41, 5.74) is 1.53. The first-order chi connectivity index (χ1) is 8.90. The molecule has 4 nitrogen and oxygen atoms in total. The van der Waals surface area contributed by atoms with Gasteiger partial charge < -0.3 is 5.11 Å². The van der Waals surface area contributed by atoms with Crippen LogP contribution in [0.3, 0.4) is 0 Å². The molecule has 0 saturated heterocycles. The highest BCUT2D eigenvalue weighted by Gasteiger charge is 2.16. The summed E-state index contributed by atoms with van der Waals surface area (Å²) in [5, 5.41) is 9.18. The molecule has 0 saturated carbocycles. The SMILES string of the molecule is CSCC(C)CNS(=O)(=O)c1ccc(C)c(CO)c1. The molecule has 0 amide bonds. The van der Waals surface area contributed by atoms with E-state index in [-0.39, 0.29) is 17.4 Å². The van der Waals surface area contributed by atoms with Crippen molar-refractivity contribution in [1.82, 2.24) is 4.72 Å². The van der Waals surface area contributed by atoms with Gasteiger partial charge in [-0.1, -0.05) is 13.0 Å². The van der Waals surface area contributed by atoms with Gasteiger partial charge in [0.2, 0.25) is 10.0 Å². The topological polar surface area (TPSA) is 66.4 Å². The lowest BCUT2D eigenvalue weighted by atomic mass is 10.1. The van der Waals surface area contributed by atoms with Gasteiger partial charge in [-0.05, 0) is 48.1 Å². The van der Waals surface area contributed by atoms with E-state index < -0.39 is 10.0 Å². The molecule has 19 heavy (non-hydrogen) atoms. The molecule has 1 unspecified atom stereocenters. The Morgan fingerprint density at radius 2 is 2.11 bits per heavy atom. The molecule has 1 aromatic carbocycles. The van der Waals surface area contributed by atoms with Crippen molar-refractivity contribution in [2.75, 3.05) is 18.6 Å². The molecule has 1 aromatic rings. The third-order valence-electron chi connectivity index (χ3n) is 2.87. The molecule has 0 aromatic heterocycles. The van der Waals surface area contributed by atoms with Crippen molar-refractivity contribution >= 4 is 21.8 Å². The average Bonchev–Trinajstić information content (AvgIpc) is 2.37. The number of hydrogen-bond donors (Lipinski definition) is 2. The van der Waals surface area contributed by atoms with Crippen LogP contribution >= 0.6 is 11.8 Å². The molecule has 0 aliphatic heterocycles. The Morgan fingerprint density at radius 3 is 2.68 bits per heavy atom. The maximum Gasteiger partial charge on any atom is 0.240 e. The van der Waals surface area contributed by atoms with Crippen LogP contribution in [0.25, 0.3) is 0 Å². The summed E-state index contributed by atoms with van der Waals surface area (Å²) in [7, 11) is -3.49. The number of benzene rings is 1. The number of sulfonamides is 1. The molecule has 0 bridgehead atoms. The lowest BCUT2D eigenvalue weighted by molar-refractivity contribution is 0.280. The summed E-state index contributed by atoms with van der Waals surface area (Å²) >= 11 is 1.70. The monoisotopic (exact) mass is 303 g/mol. The first kappa shape index (κ1) is 16.5. The number of thioether (sulfide) groups is 1. The first-order valence-corrected chi connectivity index (χ1v) is 8.97. The van der Waals surface area contributed by atoms with Crippen LogP contribution in [0.1, 0.15) is 18.1 Å². The Balaban J connectivity index is 2.83. The highest BCUT2D eigenvalue weighted by Crippen LogP contribution is 2.16. The molecule has 0 spiro atoms. The van der Waals surface area contributed by atoms with Crippen molar-refractivity contribution in [3.05, 3.63) is 29.3 Å². The van der Waals surface area contributed by atoms with Crippen molar-refractivity contribution in [1.29, 1.82) is 0 Å². The molecule has 6 heteroatoms. The quantitative estimate of drug-likeness (QED) is 0.805. The second-order valence-electron chi connectivity index (χ2n) is 4.66. The van der Waals surface area contributed by atoms with Crippen LogP contribution in [-0.4, -0.2) is 32.1 Å². The summed E-state index contributed by atoms with van der Waals surface area (Å²) in [4.78, 5) is 0.207. The minimum absolute atomic E-state index is 0.155. The van der Waals surface area contributed by atoms with E-state index in [9.17, 15) is 13.5 Å². The zero-order valence-electron chi connectivity index (χ0n) is 11.5. The summed E-state index contributed by atoms with van der Waals surface area (Å²) in [5.74, 6) is 1.20. The molecule has 0 heterocycles. The zero-order chi connectivity index (χ0) is 14.5. The van der Waals surface area contributed by atoms with Crippen LogP contribution in [-0.2, 0) is 16.6 Å². The van der Waals surface area contributed by atoms with E-state index in [1.807, 2.05) is 20.1 Å². The van der Waals surface area contributed by atoms with Gasteiger partial charge in [0.1, 0.15) is 0 Å². The maximum atomic E-state index is 12.1. The molecular weight excluding hydrogens is 282 g/mol. The third kappa shape index (κ3) is 4.80. The summed E-state index contributed by atoms with van der Waals surface area (Å²) in [6, 6.07) is 4.80. The molecule has 0 aliphatic rings. The Labute approximate surface area is 119 Å². The van der Waals surface area contributed by atoms with Crippen LogP contribution in [0.2, 0.25) is 0 Å². The maximum absolute atomic E-state index is 12.1. The van der Waals surface area contributed by atoms with Crippen LogP contribution in [0.4, 0.5) is 0 Å². The van der Waals surface area contributed by atoms with Crippen molar-refractivity contribution in [3.8, 4) is 0 Å². The number of aliphatic hydroxyl groups is 1. The number of aliphatic hydroxyl groups excluding tert-OH is 1. The molecular formula is C13H21NO3S2. The van der Waals surface area contributed by atoms with Crippen molar-refractivity contribution < 1.29 is 13.5 Å². The average molecular weight is 303 g/mol. The predicted molar refractivity (Wildman–Crippen MR) is 79.8 cm³/mol. The fourth-order valence-electron chi connectivity index (χ4n) is 1.66. The number of aryl methyl sites for hydroxylation is 1. The van der Waals surface area contributed by atoms with Gasteiger partial charge in [0.25, 0.3) is 0 Å². The van der Waals surface area contributed by atoms with Gasteiger partial charge in [-0.2, -0.15) is 11.8 Å². The summed E-state index contributed by atoms with van der Waals surface area (Å²) in [6.07, 6.45) is 2.00. The van der Waals surface area contributed by atoms with Crippen LogP contribution < -0.4 is 4.72 Å². The van der Waals surface area contributed by atoms with Gasteiger partial charge in [0, 0.05) is 6.54 Å². The minimum atomic E-state index is -3.49. The van der Waals surface area contributed by atoms with E-state index in [4.69, 9.17) is 0 Å². The van der Waals surface area contributed by atoms with Gasteiger partial charge in [-0.3, -0.25) is 0 Å². The number of nitrogens with one attached hydrogen (secondary N) is 1. The fraction of sp³-hybridized carbons (Fsp3) is 0.538. The predicted octanol–water partition coefficient (Wildman–Crippen LogP) is 1.76. The van der Waals surface area contributed by atoms with Crippen LogP contribution in [0.15, 0.2) is 23.1 Å². The minimum Gasteiger partial charge on any atom is -0.392 e. The smallest absolute Gasteiger partial charge is 0.240 e. The third-order valence-corrected chi connectivity index (χ3v) is 5.20. The summed E-state index contributed by atoms with van der Waals surface area (Å²) < 4.78 is 26.8. The molecule has 2 N–H and O–H groups in total. The molecule has 108 valence electrons. The number of hydrogen-bond acceptors (Lipinski definition) is 4. The Morgan fingerprint density at radius 1 is 1.42 bits per heavy atom. The van der Waals surface area contributed by atoms with Crippen molar-refractivity contribution in [3.63, 3.8) is 0 Å². The Hall–Kier alpha value is -0.560. The highest BCUT2D eigenvalue weighted by atomic mass is 32.2. The van der Waals surface area contributed by atoms with Gasteiger partial charge in [0.15, 0.2) is 0 Å². The van der Waals surface area contributed by atoms with Gasteiger partial charge in [-0.25, -0.2) is 13.1 Å². The van der Waals surface area contributed by atoms with Gasteiger partial charge in [0.05, 0.1) is 11.5 Å². The van der Waals surface area contributed by atoms with E-state index in [0.29, 0.717) is 12.1 Å². The van der Waals surface area contributed by atoms with Crippen LogP contribution in [0.5, 0.6) is 0 Å². The van der Waals surface area contributed by atoms with E-state index in [1.54, 1.807) is 23.9 Å². The Bertz CT molecular complexity index is 515. The second-order valence-corrected chi connectivity index (χ2v) is 7.34. The van der Waals surface area contributed by atoms with E-state index in [0.717, 1.165) is 11.3 Å². The molecule has 0 fully saturated rings. The van der Waals surface area contributed by atoms with E-state index in [1.165, 1.54) is 6.07 Å². The molecule has 1 rings (SSSR count). The van der Waals surface area contributed by atoms with Gasteiger partial charge >= 0.3 is 0 Å². The lowest BCUT2D eigenvalue weighted by Crippen LogP contribution is -2.29. The highest BCUT2D eigenvalue weighted by molar-refractivity contribution is 7.98. The molecule has 0 radical (unpaired) electrons. The van der Waals surface area contributed by atoms with Crippen molar-refractivity contribution in [2.24, 2.45) is 5.92 Å². The normalized spacial score (nSPS) is 13.5. The largest absolute Gasteiger partial charge is 0.392 e. The fourth-order valence-corrected chi connectivity index (χ4v) is 3.57. The van der Waals surface area contributed by atoms with Crippen molar-refractivity contribution in [2.45, 2.75) is 25.3 Å². The molecule has 1 atom stereocenters. The first-order valence-electron chi connectivity index (χ1n) is 6.09. The molecule has 0 aliphatic carbocycles. The van der Waals surface area contributed by atoms with Crippen LogP contribution in [0, 0.1) is 12.8 Å². The zero-order valence-corrected chi connectivity index (χ0v) is 13.1. The number of rotatable bonds is 7. The van der Waals surface area contributed by atoms with E-state index >= 15 is 0 Å². The standard InChI is InChI=1S/C13H21NO3S2/c1-10(9-18-3)7-14-19(16,17)13-5-4-11(2)12(6-13)8-15/h4-6,10,14-15H,7-9H2,1-3H3. The summed E-state index contributed by atoms with van der Waals surface area (Å²) in [6.45, 7) is 4.12. The van der Waals surface area contributed by atoms with E-state index in [2.05, 4.69) is 4.72 Å². The van der Waals surface area contributed by atoms with Gasteiger partial charge in [-0.15, -0.1) is 0 Å².